The molecule has 0 saturated carbocycles. The molecule has 0 unspecified atom stereocenters. The largest absolute Gasteiger partial charge is 0.497 e. The second kappa shape index (κ2) is 62.3. The molecule has 0 fully saturated rings. The molecule has 0 radical (unpaired) electrons. The van der Waals surface area contributed by atoms with Crippen molar-refractivity contribution in [2.75, 3.05) is 99.8 Å². The monoisotopic (exact) mass is 1950 g/mol. The SMILES string of the molecule is CC(C)COc1ccc(C(=O)N/C(=C\c2ccc(OC(C)C)cc2)C(=O)NCCO)cc1.CCOc1ccc(/C=C(\NC(=O)c2ccc(C)cc2)C(=O)NCCO)cc1.COc1ccc(/C=C(\NC(=O)c2ccc(C(C)(C)C)cc2)C(=O)NCCO)cc1.COc1ccc(/C=C(\NC(=O)c2ccc(OCC(C)C)cc2)C(=O)NCCO)cc1.Cc1ccc(/C=C(\NC(=O)c2ccc(C)cc2)C(=O)NCCO)cc1. The van der Waals surface area contributed by atoms with E-state index in [-0.39, 0.29) is 123 Å². The van der Waals surface area contributed by atoms with Crippen molar-refractivity contribution in [1.82, 2.24) is 53.2 Å². The zero-order valence-electron chi connectivity index (χ0n) is 83.7. The number of rotatable bonds is 42. The van der Waals surface area contributed by atoms with Gasteiger partial charge in [0.15, 0.2) is 0 Å². The number of benzene rings is 10. The van der Waals surface area contributed by atoms with E-state index in [1.54, 1.807) is 227 Å². The smallest absolute Gasteiger partial charge is 0.267 e. The summed E-state index contributed by atoms with van der Waals surface area (Å²) in [4.78, 5) is 125. The number of aliphatic hydroxyl groups excluding tert-OH is 5. The van der Waals surface area contributed by atoms with E-state index in [1.807, 2.05) is 102 Å². The van der Waals surface area contributed by atoms with Crippen LogP contribution in [0.3, 0.4) is 0 Å². The minimum absolute atomic E-state index is 0.0153. The van der Waals surface area contributed by atoms with Crippen molar-refractivity contribution in [2.24, 2.45) is 11.8 Å². The van der Waals surface area contributed by atoms with Crippen molar-refractivity contribution in [3.8, 4) is 34.5 Å². The summed E-state index contributed by atoms with van der Waals surface area (Å²) >= 11 is 0. The average Bonchev–Trinajstić information content (AvgIpc) is 0.832. The number of nitrogens with one attached hydrogen (secondary N) is 10. The number of carbonyl (C=O) groups excluding carboxylic acids is 10. The van der Waals surface area contributed by atoms with E-state index in [0.717, 1.165) is 44.7 Å². The molecule has 10 aromatic rings. The van der Waals surface area contributed by atoms with E-state index in [2.05, 4.69) is 102 Å². The zero-order chi connectivity index (χ0) is 105. The van der Waals surface area contributed by atoms with E-state index in [1.165, 1.54) is 0 Å². The number of methoxy groups -OCH3 is 2. The van der Waals surface area contributed by atoms with Crippen molar-refractivity contribution in [3.63, 3.8) is 0 Å². The first-order chi connectivity index (χ1) is 68.5. The lowest BCUT2D eigenvalue weighted by molar-refractivity contribution is -0.118. The van der Waals surface area contributed by atoms with Crippen LogP contribution in [-0.2, 0) is 29.4 Å². The second-order valence-corrected chi connectivity index (χ2v) is 34.2. The number of aryl methyl sites for hydroxylation is 3. The molecule has 10 aromatic carbocycles. The zero-order valence-corrected chi connectivity index (χ0v) is 83.7. The number of hydrogen-bond donors (Lipinski definition) is 15. The van der Waals surface area contributed by atoms with Gasteiger partial charge in [-0.05, 0) is 256 Å². The maximum Gasteiger partial charge on any atom is 0.267 e. The molecule has 143 heavy (non-hydrogen) atoms. The molecule has 0 atom stereocenters. The summed E-state index contributed by atoms with van der Waals surface area (Å²) in [6.45, 7) is 27.4. The summed E-state index contributed by atoms with van der Waals surface area (Å²) in [5.41, 5.74) is 10.6. The van der Waals surface area contributed by atoms with Crippen molar-refractivity contribution < 1.29 is 102 Å². The molecular formula is C112H134N10O21. The van der Waals surface area contributed by atoms with Gasteiger partial charge in [0.2, 0.25) is 0 Å². The Balaban J connectivity index is 0.000000274. The Morgan fingerprint density at radius 2 is 0.490 bits per heavy atom. The lowest BCUT2D eigenvalue weighted by Gasteiger charge is -2.19. The van der Waals surface area contributed by atoms with Crippen LogP contribution >= 0.6 is 0 Å². The van der Waals surface area contributed by atoms with Crippen LogP contribution in [0.1, 0.15) is 171 Å². The van der Waals surface area contributed by atoms with E-state index >= 15 is 0 Å². The van der Waals surface area contributed by atoms with Gasteiger partial charge in [-0.15, -0.1) is 0 Å². The molecule has 0 spiro atoms. The molecule has 15 N–H and O–H groups in total. The number of carbonyl (C=O) groups is 10. The molecule has 10 rings (SSSR count). The van der Waals surface area contributed by atoms with E-state index in [0.29, 0.717) is 99.3 Å². The van der Waals surface area contributed by atoms with Crippen LogP contribution in [0, 0.1) is 32.6 Å². The Morgan fingerprint density at radius 1 is 0.287 bits per heavy atom. The summed E-state index contributed by atoms with van der Waals surface area (Å²) < 4.78 is 32.6. The predicted octanol–water partition coefficient (Wildman–Crippen LogP) is 13.3. The molecule has 0 aliphatic heterocycles. The molecule has 758 valence electrons. The van der Waals surface area contributed by atoms with Crippen molar-refractivity contribution >= 4 is 89.5 Å². The molecule has 0 bridgehead atoms. The van der Waals surface area contributed by atoms with Crippen LogP contribution in [0.5, 0.6) is 34.5 Å². The fourth-order valence-electron chi connectivity index (χ4n) is 12.2. The third kappa shape index (κ3) is 43.6. The first-order valence-electron chi connectivity index (χ1n) is 46.6. The summed E-state index contributed by atoms with van der Waals surface area (Å²) in [5, 5.41) is 70.8. The highest BCUT2D eigenvalue weighted by Crippen LogP contribution is 2.25. The molecule has 0 aliphatic rings. The van der Waals surface area contributed by atoms with Crippen molar-refractivity contribution in [3.05, 3.63) is 349 Å². The van der Waals surface area contributed by atoms with Crippen LogP contribution in [-0.4, -0.2) is 191 Å². The first kappa shape index (κ1) is 116. The van der Waals surface area contributed by atoms with Gasteiger partial charge in [0.05, 0.1) is 73.2 Å². The van der Waals surface area contributed by atoms with Gasteiger partial charge in [-0.25, -0.2) is 0 Å². The summed E-state index contributed by atoms with van der Waals surface area (Å²) in [6, 6.07) is 71.0. The quantitative estimate of drug-likeness (QED) is 0.0158. The lowest BCUT2D eigenvalue weighted by atomic mass is 9.87. The highest BCUT2D eigenvalue weighted by Gasteiger charge is 2.23. The van der Waals surface area contributed by atoms with Crippen LogP contribution in [0.4, 0.5) is 0 Å². The molecule has 31 nitrogen and oxygen atoms in total. The van der Waals surface area contributed by atoms with E-state index in [4.69, 9.17) is 54.0 Å². The van der Waals surface area contributed by atoms with Crippen molar-refractivity contribution in [1.29, 1.82) is 0 Å². The maximum absolute atomic E-state index is 12.7. The normalized spacial score (nSPS) is 11.3. The highest BCUT2D eigenvalue weighted by molar-refractivity contribution is 6.09. The fourth-order valence-corrected chi connectivity index (χ4v) is 12.2. The number of ether oxygens (including phenoxy) is 6. The number of aliphatic hydroxyl groups is 5. The molecular weight excluding hydrogens is 1820 g/mol. The number of amides is 10. The van der Waals surface area contributed by atoms with Crippen molar-refractivity contribution in [2.45, 2.75) is 102 Å². The first-order valence-corrected chi connectivity index (χ1v) is 46.6. The van der Waals surface area contributed by atoms with E-state index < -0.39 is 41.4 Å². The second-order valence-electron chi connectivity index (χ2n) is 34.2. The third-order valence-corrected chi connectivity index (χ3v) is 19.8. The topological polar surface area (TPSA) is 448 Å². The summed E-state index contributed by atoms with van der Waals surface area (Å²) in [5.74, 6) is 0.592. The minimum atomic E-state index is -0.495. The molecule has 31 heteroatoms. The molecule has 10 amide bonds. The maximum atomic E-state index is 12.7. The molecule has 0 aliphatic carbocycles. The summed E-state index contributed by atoms with van der Waals surface area (Å²) in [6.07, 6.45) is 7.95. The van der Waals surface area contributed by atoms with Gasteiger partial charge in [-0.3, -0.25) is 47.9 Å². The van der Waals surface area contributed by atoms with Crippen LogP contribution in [0.2, 0.25) is 0 Å². The molecule has 0 aromatic heterocycles. The average molecular weight is 1960 g/mol. The van der Waals surface area contributed by atoms with Gasteiger partial charge in [0.25, 0.3) is 59.1 Å². The van der Waals surface area contributed by atoms with Gasteiger partial charge in [-0.1, -0.05) is 174 Å². The minimum Gasteiger partial charge on any atom is -0.497 e. The van der Waals surface area contributed by atoms with Gasteiger partial charge in [0.1, 0.15) is 63.0 Å². The van der Waals surface area contributed by atoms with Gasteiger partial charge in [0, 0.05) is 60.5 Å². The van der Waals surface area contributed by atoms with E-state index in [9.17, 15) is 47.9 Å². The molecule has 0 saturated heterocycles. The van der Waals surface area contributed by atoms with Crippen LogP contribution in [0.15, 0.2) is 271 Å². The highest BCUT2D eigenvalue weighted by atomic mass is 16.5. The van der Waals surface area contributed by atoms with Crippen LogP contribution < -0.4 is 81.6 Å². The Kier molecular flexibility index (Phi) is 50.5. The molecule has 0 heterocycles. The number of hydrogen-bond acceptors (Lipinski definition) is 21. The Morgan fingerprint density at radius 3 is 0.706 bits per heavy atom. The van der Waals surface area contributed by atoms with Gasteiger partial charge < -0.3 is 107 Å². The summed E-state index contributed by atoms with van der Waals surface area (Å²) in [7, 11) is 3.14. The lowest BCUT2D eigenvalue weighted by Crippen LogP contribution is -2.36. The Hall–Kier alpha value is -15.8. The van der Waals surface area contributed by atoms with Gasteiger partial charge in [-0.2, -0.15) is 0 Å². The van der Waals surface area contributed by atoms with Crippen LogP contribution in [0.25, 0.3) is 30.4 Å². The van der Waals surface area contributed by atoms with Gasteiger partial charge >= 0.3 is 0 Å². The predicted molar refractivity (Wildman–Crippen MR) is 556 cm³/mol. The Labute approximate surface area is 836 Å². The third-order valence-electron chi connectivity index (χ3n) is 19.8. The fraction of sp³-hybridized carbons (Fsp3) is 0.286. The Bertz CT molecular complexity index is 5860. The standard InChI is InChI=1S/C25H32N2O5.C23H28N2O5.C23H28N2O4.C21H24N2O4.C20H22N2O3/c1-17(2)16-31-21-11-7-20(8-12-21)24(29)27-23(25(30)26-13-14-28)15-19-5-9-22(10-6-19)32-18(3)4;1-16(2)15-30-20-10-6-18(7-11-20)22(27)25-21(23(28)24-12-13-26)14-17-4-8-19(29-3)9-5-17;1-23(2,3)18-9-7-17(8-10-18)21(27)25-20(22(28)24-13-14-26)15-16-5-11-19(29-4)12-6-16;1-3-27-18-10-6-16(7-11-18)14-19(21(26)22-12-13-24)23-20(25)17-8-4-15(2)5-9-17;1-14-3-7-16(8-4-14)13-18(20(25)21-11-12-23)22-19(24)17-9-5-15(2)6-10-17/h5-12,15,17-18,28H,13-14,16H2,1-4H3,(H,26,30)(H,27,29);4-11,14,16,26H,12-13,15H2,1-3H3,(H,24,28)(H,25,27);5-12,15,26H,13-14H2,1-4H3,(H,24,28)(H,25,27);4-11,14,24H,3,12-13H2,1-2H3,(H,22,26)(H,23,25);3-10,13,23H,11-12H2,1-2H3,(H,21,25)(H,22,24)/b23-15-;21-14-;20-15-;19-14-;18-13-.